The number of carbonyl (C=O) groups excluding carboxylic acids is 2. The van der Waals surface area contributed by atoms with Crippen molar-refractivity contribution in [3.63, 3.8) is 0 Å². The zero-order chi connectivity index (χ0) is 22.1. The Bertz CT molecular complexity index is 862. The second-order valence-corrected chi connectivity index (χ2v) is 8.89. The zero-order valence-corrected chi connectivity index (χ0v) is 20.6. The Morgan fingerprint density at radius 1 is 1.13 bits per heavy atom. The predicted molar refractivity (Wildman–Crippen MR) is 129 cm³/mol. The molecule has 8 heteroatoms. The lowest BCUT2D eigenvalue weighted by Gasteiger charge is -2.29. The smallest absolute Gasteiger partial charge is 0.261 e. The van der Waals surface area contributed by atoms with Crippen molar-refractivity contribution >= 4 is 57.6 Å². The van der Waals surface area contributed by atoms with Crippen molar-refractivity contribution in [1.29, 1.82) is 0 Å². The molecule has 0 spiro atoms. The van der Waals surface area contributed by atoms with E-state index in [4.69, 9.17) is 27.9 Å². The molecule has 0 aliphatic rings. The molecular formula is C22H25Cl2IN2O3. The molecule has 2 amide bonds. The summed E-state index contributed by atoms with van der Waals surface area (Å²) >= 11 is 14.3. The van der Waals surface area contributed by atoms with E-state index in [1.807, 2.05) is 12.1 Å². The molecule has 2 aromatic carbocycles. The van der Waals surface area contributed by atoms with Gasteiger partial charge in [0, 0.05) is 16.7 Å². The number of nitrogens with zero attached hydrogens (tertiary/aromatic N) is 1. The summed E-state index contributed by atoms with van der Waals surface area (Å²) < 4.78 is 6.71. The van der Waals surface area contributed by atoms with Crippen molar-refractivity contribution < 1.29 is 14.3 Å². The number of halogens is 3. The van der Waals surface area contributed by atoms with Crippen molar-refractivity contribution in [2.45, 2.75) is 39.3 Å². The summed E-state index contributed by atoms with van der Waals surface area (Å²) in [7, 11) is 0. The minimum atomic E-state index is -0.663. The van der Waals surface area contributed by atoms with E-state index in [-0.39, 0.29) is 25.0 Å². The lowest BCUT2D eigenvalue weighted by molar-refractivity contribution is -0.142. The average Bonchev–Trinajstić information content (AvgIpc) is 2.73. The van der Waals surface area contributed by atoms with Gasteiger partial charge < -0.3 is 15.0 Å². The van der Waals surface area contributed by atoms with E-state index in [9.17, 15) is 9.59 Å². The fourth-order valence-corrected chi connectivity index (χ4v) is 3.39. The Labute approximate surface area is 201 Å². The molecule has 0 saturated heterocycles. The molecule has 0 fully saturated rings. The molecule has 2 aromatic rings. The second kappa shape index (κ2) is 12.4. The monoisotopic (exact) mass is 562 g/mol. The maximum Gasteiger partial charge on any atom is 0.261 e. The van der Waals surface area contributed by atoms with Gasteiger partial charge in [0.15, 0.2) is 6.61 Å². The summed E-state index contributed by atoms with van der Waals surface area (Å²) in [6.07, 6.45) is 1.86. The van der Waals surface area contributed by atoms with Crippen LogP contribution in [0.2, 0.25) is 10.0 Å². The number of ether oxygens (including phenoxy) is 1. The van der Waals surface area contributed by atoms with Crippen molar-refractivity contribution in [2.75, 3.05) is 13.2 Å². The SMILES string of the molecule is CCCCNC(=O)C(C)N(Cc1ccc(Cl)c(Cl)c1)C(=O)COc1ccc(I)cc1. The molecule has 0 aromatic heterocycles. The van der Waals surface area contributed by atoms with Gasteiger partial charge >= 0.3 is 0 Å². The number of nitrogens with one attached hydrogen (secondary N) is 1. The van der Waals surface area contributed by atoms with Crippen LogP contribution in [0.5, 0.6) is 5.75 Å². The Kier molecular flexibility index (Phi) is 10.2. The highest BCUT2D eigenvalue weighted by molar-refractivity contribution is 14.1. The van der Waals surface area contributed by atoms with Crippen LogP contribution in [0.1, 0.15) is 32.3 Å². The van der Waals surface area contributed by atoms with Gasteiger partial charge in [0.05, 0.1) is 10.0 Å². The molecule has 30 heavy (non-hydrogen) atoms. The Morgan fingerprint density at radius 3 is 2.47 bits per heavy atom. The first-order valence-electron chi connectivity index (χ1n) is 9.71. The summed E-state index contributed by atoms with van der Waals surface area (Å²) in [5.74, 6) is 0.0993. The highest BCUT2D eigenvalue weighted by atomic mass is 127. The lowest BCUT2D eigenvalue weighted by atomic mass is 10.1. The minimum Gasteiger partial charge on any atom is -0.484 e. The number of hydrogen-bond acceptors (Lipinski definition) is 3. The van der Waals surface area contributed by atoms with Gasteiger partial charge in [-0.05, 0) is 77.9 Å². The lowest BCUT2D eigenvalue weighted by Crippen LogP contribution is -2.49. The third kappa shape index (κ3) is 7.63. The van der Waals surface area contributed by atoms with Gasteiger partial charge in [0.2, 0.25) is 5.91 Å². The maximum atomic E-state index is 13.0. The van der Waals surface area contributed by atoms with Crippen LogP contribution in [-0.4, -0.2) is 35.9 Å². The van der Waals surface area contributed by atoms with Gasteiger partial charge in [0.25, 0.3) is 5.91 Å². The first-order chi connectivity index (χ1) is 14.3. The van der Waals surface area contributed by atoms with E-state index in [0.29, 0.717) is 22.3 Å². The molecule has 1 N–H and O–H groups in total. The molecule has 0 radical (unpaired) electrons. The molecule has 2 rings (SSSR count). The van der Waals surface area contributed by atoms with Gasteiger partial charge in [0.1, 0.15) is 11.8 Å². The van der Waals surface area contributed by atoms with Crippen molar-refractivity contribution in [1.82, 2.24) is 10.2 Å². The first-order valence-corrected chi connectivity index (χ1v) is 11.5. The number of amides is 2. The molecule has 0 bridgehead atoms. The third-order valence-electron chi connectivity index (χ3n) is 4.51. The topological polar surface area (TPSA) is 58.6 Å². The van der Waals surface area contributed by atoms with Crippen LogP contribution in [0.25, 0.3) is 0 Å². The van der Waals surface area contributed by atoms with E-state index in [1.165, 1.54) is 4.90 Å². The number of hydrogen-bond donors (Lipinski definition) is 1. The highest BCUT2D eigenvalue weighted by Gasteiger charge is 2.26. The summed E-state index contributed by atoms with van der Waals surface area (Å²) in [5.41, 5.74) is 0.778. The largest absolute Gasteiger partial charge is 0.484 e. The van der Waals surface area contributed by atoms with Gasteiger partial charge in [-0.25, -0.2) is 0 Å². The molecule has 0 aliphatic heterocycles. The fraction of sp³-hybridized carbons (Fsp3) is 0.364. The zero-order valence-electron chi connectivity index (χ0n) is 17.0. The van der Waals surface area contributed by atoms with E-state index < -0.39 is 6.04 Å². The molecule has 1 atom stereocenters. The Balaban J connectivity index is 2.13. The summed E-state index contributed by atoms with van der Waals surface area (Å²) in [4.78, 5) is 27.1. The molecule has 162 valence electrons. The summed E-state index contributed by atoms with van der Waals surface area (Å²) in [5, 5.41) is 3.72. The molecule has 5 nitrogen and oxygen atoms in total. The van der Waals surface area contributed by atoms with Crippen LogP contribution < -0.4 is 10.1 Å². The molecular weight excluding hydrogens is 538 g/mol. The quantitative estimate of drug-likeness (QED) is 0.315. The van der Waals surface area contributed by atoms with E-state index in [2.05, 4.69) is 34.8 Å². The van der Waals surface area contributed by atoms with Crippen LogP contribution in [0.3, 0.4) is 0 Å². The minimum absolute atomic E-state index is 0.172. The van der Waals surface area contributed by atoms with Gasteiger partial charge in [-0.3, -0.25) is 9.59 Å². The second-order valence-electron chi connectivity index (χ2n) is 6.83. The normalized spacial score (nSPS) is 11.6. The number of unbranched alkanes of at least 4 members (excludes halogenated alkanes) is 1. The predicted octanol–water partition coefficient (Wildman–Crippen LogP) is 5.31. The maximum absolute atomic E-state index is 13.0. The van der Waals surface area contributed by atoms with Crippen molar-refractivity contribution in [3.8, 4) is 5.75 Å². The standard InChI is InChI=1S/C22H25Cl2IN2O3/c1-3-4-11-26-22(29)15(2)27(13-16-5-10-19(23)20(24)12-16)21(28)14-30-18-8-6-17(25)7-9-18/h5-10,12,15H,3-4,11,13-14H2,1-2H3,(H,26,29). The van der Waals surface area contributed by atoms with E-state index >= 15 is 0 Å². The van der Waals surface area contributed by atoms with Gasteiger partial charge in [-0.1, -0.05) is 42.6 Å². The highest BCUT2D eigenvalue weighted by Crippen LogP contribution is 2.24. The first kappa shape index (κ1) is 24.8. The van der Waals surface area contributed by atoms with Gasteiger partial charge in [-0.15, -0.1) is 0 Å². The molecule has 0 saturated carbocycles. The van der Waals surface area contributed by atoms with E-state index in [0.717, 1.165) is 22.0 Å². The van der Waals surface area contributed by atoms with Gasteiger partial charge in [-0.2, -0.15) is 0 Å². The average molecular weight is 563 g/mol. The van der Waals surface area contributed by atoms with Crippen LogP contribution in [0.4, 0.5) is 0 Å². The summed E-state index contributed by atoms with van der Waals surface area (Å²) in [6, 6.07) is 11.9. The Morgan fingerprint density at radius 2 is 1.83 bits per heavy atom. The van der Waals surface area contributed by atoms with Crippen LogP contribution in [0, 0.1) is 3.57 Å². The van der Waals surface area contributed by atoms with E-state index in [1.54, 1.807) is 37.3 Å². The fourth-order valence-electron chi connectivity index (χ4n) is 2.71. The van der Waals surface area contributed by atoms with Crippen LogP contribution >= 0.6 is 45.8 Å². The third-order valence-corrected chi connectivity index (χ3v) is 5.97. The molecule has 0 aliphatic carbocycles. The Hall–Kier alpha value is -1.51. The number of rotatable bonds is 10. The summed E-state index contributed by atoms with van der Waals surface area (Å²) in [6.45, 7) is 4.38. The number of carbonyl (C=O) groups is 2. The molecule has 0 heterocycles. The number of benzene rings is 2. The van der Waals surface area contributed by atoms with Crippen molar-refractivity contribution in [2.24, 2.45) is 0 Å². The van der Waals surface area contributed by atoms with Crippen molar-refractivity contribution in [3.05, 3.63) is 61.6 Å². The molecule has 1 unspecified atom stereocenters. The van der Waals surface area contributed by atoms with Crippen LogP contribution in [0.15, 0.2) is 42.5 Å². The van der Waals surface area contributed by atoms with Crippen LogP contribution in [-0.2, 0) is 16.1 Å².